The van der Waals surface area contributed by atoms with Crippen molar-refractivity contribution in [3.8, 4) is 0 Å². The molecule has 10 heteroatoms. The number of carbonyl (C=O) groups excluding carboxylic acids is 1. The number of amides is 1. The first-order valence-electron chi connectivity index (χ1n) is 11.4. The molecule has 0 atom stereocenters. The average Bonchev–Trinajstić information content (AvgIpc) is 3.70. The first kappa shape index (κ1) is 22.7. The number of carboxylic acid groups (broad SMARTS) is 1. The van der Waals surface area contributed by atoms with Crippen LogP contribution in [0.1, 0.15) is 45.2 Å². The van der Waals surface area contributed by atoms with Gasteiger partial charge in [0.25, 0.3) is 5.91 Å². The topological polar surface area (TPSA) is 116 Å². The van der Waals surface area contributed by atoms with E-state index in [-0.39, 0.29) is 22.6 Å². The molecule has 35 heavy (non-hydrogen) atoms. The number of hydrogen-bond acceptors (Lipinski definition) is 6. The van der Waals surface area contributed by atoms with Gasteiger partial charge in [0, 0.05) is 49.4 Å². The molecule has 5 rings (SSSR count). The zero-order valence-electron chi connectivity index (χ0n) is 18.8. The first-order chi connectivity index (χ1) is 16.9. The summed E-state index contributed by atoms with van der Waals surface area (Å²) in [6, 6.07) is 9.27. The fourth-order valence-corrected chi connectivity index (χ4v) is 4.35. The Labute approximate surface area is 199 Å². The lowest BCUT2D eigenvalue weighted by molar-refractivity contribution is 0.0696. The quantitative estimate of drug-likeness (QED) is 0.371. The third-order valence-corrected chi connectivity index (χ3v) is 6.30. The highest BCUT2D eigenvalue weighted by atomic mass is 19.1. The van der Waals surface area contributed by atoms with Crippen molar-refractivity contribution in [2.24, 2.45) is 5.10 Å². The number of hydrogen-bond donors (Lipinski definition) is 3. The van der Waals surface area contributed by atoms with E-state index < -0.39 is 23.1 Å². The Morgan fingerprint density at radius 1 is 1.14 bits per heavy atom. The lowest BCUT2D eigenvalue weighted by atomic mass is 10.1. The third kappa shape index (κ3) is 4.52. The second-order valence-electron chi connectivity index (χ2n) is 8.66. The number of carboxylic acids is 1. The first-order valence-corrected chi connectivity index (χ1v) is 11.4. The number of benzene rings is 2. The molecule has 1 saturated heterocycles. The second kappa shape index (κ2) is 9.30. The van der Waals surface area contributed by atoms with Crippen LogP contribution < -0.4 is 21.1 Å². The van der Waals surface area contributed by atoms with Gasteiger partial charge < -0.3 is 19.9 Å². The molecule has 0 unspecified atom stereocenters. The zero-order chi connectivity index (χ0) is 24.5. The van der Waals surface area contributed by atoms with E-state index in [0.717, 1.165) is 25.9 Å². The molecule has 0 spiro atoms. The Bertz CT molecular complexity index is 1410. The summed E-state index contributed by atoms with van der Waals surface area (Å²) >= 11 is 0. The predicted octanol–water partition coefficient (Wildman–Crippen LogP) is 2.35. The number of anilines is 1. The number of aromatic carboxylic acids is 1. The Balaban J connectivity index is 1.49. The van der Waals surface area contributed by atoms with E-state index in [1.165, 1.54) is 24.5 Å². The molecule has 9 nitrogen and oxygen atoms in total. The van der Waals surface area contributed by atoms with Crippen LogP contribution in [0.25, 0.3) is 10.9 Å². The fraction of sp³-hybridized carbons (Fsp3) is 0.280. The molecule has 1 aromatic heterocycles. The van der Waals surface area contributed by atoms with Gasteiger partial charge in [0.2, 0.25) is 5.43 Å². The van der Waals surface area contributed by atoms with Crippen molar-refractivity contribution in [1.29, 1.82) is 0 Å². The lowest BCUT2D eigenvalue weighted by Gasteiger charge is -2.30. The highest BCUT2D eigenvalue weighted by molar-refractivity contribution is 6.00. The van der Waals surface area contributed by atoms with Crippen molar-refractivity contribution in [3.63, 3.8) is 0 Å². The minimum atomic E-state index is -1.12. The van der Waals surface area contributed by atoms with E-state index in [4.69, 9.17) is 0 Å². The van der Waals surface area contributed by atoms with Gasteiger partial charge in [-0.05, 0) is 31.0 Å². The van der Waals surface area contributed by atoms with E-state index in [2.05, 4.69) is 15.8 Å². The van der Waals surface area contributed by atoms with E-state index in [1.807, 2.05) is 9.47 Å². The van der Waals surface area contributed by atoms with Crippen LogP contribution in [0.15, 0.2) is 52.5 Å². The SMILES string of the molecule is O=C(O)c1ccccc1/C=N\NC(=O)c1cn(C2CC2)c2cc(N3CCNCC3)c(F)cc2c1=O. The summed E-state index contributed by atoms with van der Waals surface area (Å²) in [7, 11) is 0. The molecule has 2 heterocycles. The third-order valence-electron chi connectivity index (χ3n) is 6.30. The van der Waals surface area contributed by atoms with Crippen LogP contribution in [0.3, 0.4) is 0 Å². The van der Waals surface area contributed by atoms with Gasteiger partial charge in [-0.2, -0.15) is 5.10 Å². The van der Waals surface area contributed by atoms with Gasteiger partial charge in [0.15, 0.2) is 0 Å². The standard InChI is InChI=1S/C25H24FN5O4/c26-20-11-18-21(12-22(20)30-9-7-27-8-10-30)31(16-5-6-16)14-19(23(18)32)24(33)29-28-13-15-3-1-2-4-17(15)25(34)35/h1-4,11-14,16,27H,5-10H2,(H,29,33)(H,34,35)/b28-13-. The van der Waals surface area contributed by atoms with Crippen molar-refractivity contribution in [3.05, 3.63) is 75.3 Å². The van der Waals surface area contributed by atoms with Crippen LogP contribution >= 0.6 is 0 Å². The molecule has 2 aliphatic rings. The lowest BCUT2D eigenvalue weighted by Crippen LogP contribution is -2.43. The predicted molar refractivity (Wildman–Crippen MR) is 130 cm³/mol. The number of halogens is 1. The Morgan fingerprint density at radius 2 is 1.89 bits per heavy atom. The number of carbonyl (C=O) groups is 2. The van der Waals surface area contributed by atoms with Crippen molar-refractivity contribution >= 4 is 34.7 Å². The Hall–Kier alpha value is -4.05. The average molecular weight is 477 g/mol. The number of rotatable bonds is 6. The van der Waals surface area contributed by atoms with Crippen LogP contribution in [0.2, 0.25) is 0 Å². The van der Waals surface area contributed by atoms with Crippen LogP contribution in [0.4, 0.5) is 10.1 Å². The van der Waals surface area contributed by atoms with Crippen molar-refractivity contribution in [2.45, 2.75) is 18.9 Å². The molecule has 180 valence electrons. The molecular weight excluding hydrogens is 453 g/mol. The van der Waals surface area contributed by atoms with Gasteiger partial charge in [0.1, 0.15) is 11.4 Å². The van der Waals surface area contributed by atoms with Gasteiger partial charge in [-0.1, -0.05) is 18.2 Å². The highest BCUT2D eigenvalue weighted by Gasteiger charge is 2.28. The fourth-order valence-electron chi connectivity index (χ4n) is 4.35. The van der Waals surface area contributed by atoms with E-state index in [0.29, 0.717) is 29.9 Å². The normalized spacial score (nSPS) is 16.1. The van der Waals surface area contributed by atoms with Crippen molar-refractivity contribution in [1.82, 2.24) is 15.3 Å². The van der Waals surface area contributed by atoms with Gasteiger partial charge in [-0.3, -0.25) is 9.59 Å². The summed E-state index contributed by atoms with van der Waals surface area (Å²) in [6.45, 7) is 2.84. The van der Waals surface area contributed by atoms with Gasteiger partial charge in [-0.15, -0.1) is 0 Å². The molecule has 3 aromatic rings. The van der Waals surface area contributed by atoms with Crippen molar-refractivity contribution < 1.29 is 19.1 Å². The minimum Gasteiger partial charge on any atom is -0.478 e. The number of aromatic nitrogens is 1. The molecule has 1 aliphatic carbocycles. The van der Waals surface area contributed by atoms with Crippen LogP contribution in [-0.4, -0.2) is 53.9 Å². The summed E-state index contributed by atoms with van der Waals surface area (Å²) < 4.78 is 17.0. The molecule has 1 aliphatic heterocycles. The molecule has 1 amide bonds. The summed E-state index contributed by atoms with van der Waals surface area (Å²) in [5.41, 5.74) is 2.95. The Morgan fingerprint density at radius 3 is 2.60 bits per heavy atom. The van der Waals surface area contributed by atoms with Crippen LogP contribution in [0.5, 0.6) is 0 Å². The molecule has 0 radical (unpaired) electrons. The number of pyridine rings is 1. The van der Waals surface area contributed by atoms with Gasteiger partial charge >= 0.3 is 5.97 Å². The molecular formula is C25H24FN5O4. The number of fused-ring (bicyclic) bond motifs is 1. The highest BCUT2D eigenvalue weighted by Crippen LogP contribution is 2.38. The Kier molecular flexibility index (Phi) is 6.04. The second-order valence-corrected chi connectivity index (χ2v) is 8.66. The molecule has 1 saturated carbocycles. The van der Waals surface area contributed by atoms with Crippen LogP contribution in [0, 0.1) is 5.82 Å². The molecule has 0 bridgehead atoms. The number of piperazine rings is 1. The maximum absolute atomic E-state index is 15.1. The van der Waals surface area contributed by atoms with E-state index in [1.54, 1.807) is 24.3 Å². The van der Waals surface area contributed by atoms with Gasteiger partial charge in [-0.25, -0.2) is 14.6 Å². The van der Waals surface area contributed by atoms with Crippen LogP contribution in [-0.2, 0) is 0 Å². The number of nitrogens with one attached hydrogen (secondary N) is 2. The molecule has 2 aromatic carbocycles. The summed E-state index contributed by atoms with van der Waals surface area (Å²) in [6.07, 6.45) is 4.53. The maximum Gasteiger partial charge on any atom is 0.336 e. The van der Waals surface area contributed by atoms with Gasteiger partial charge in [0.05, 0.1) is 23.0 Å². The summed E-state index contributed by atoms with van der Waals surface area (Å²) in [5.74, 6) is -2.37. The largest absolute Gasteiger partial charge is 0.478 e. The van der Waals surface area contributed by atoms with Crippen molar-refractivity contribution in [2.75, 3.05) is 31.1 Å². The monoisotopic (exact) mass is 477 g/mol. The number of hydrazone groups is 1. The maximum atomic E-state index is 15.1. The summed E-state index contributed by atoms with van der Waals surface area (Å²) in [4.78, 5) is 39.3. The minimum absolute atomic E-state index is 0.0306. The zero-order valence-corrected chi connectivity index (χ0v) is 18.8. The molecule has 2 fully saturated rings. The summed E-state index contributed by atoms with van der Waals surface area (Å²) in [5, 5.41) is 16.5. The number of nitrogens with zero attached hydrogens (tertiary/aromatic N) is 3. The molecule has 3 N–H and O–H groups in total. The smallest absolute Gasteiger partial charge is 0.336 e. The van der Waals surface area contributed by atoms with E-state index >= 15 is 4.39 Å². The van der Waals surface area contributed by atoms with E-state index in [9.17, 15) is 19.5 Å².